The lowest BCUT2D eigenvalue weighted by Gasteiger charge is -2.18. The first-order chi connectivity index (χ1) is 5.11. The molecule has 0 radical (unpaired) electrons. The van der Waals surface area contributed by atoms with Crippen LogP contribution < -0.4 is 5.32 Å². The van der Waals surface area contributed by atoms with Crippen LogP contribution in [-0.4, -0.2) is 25.0 Å². The van der Waals surface area contributed by atoms with Crippen molar-refractivity contribution in [2.24, 2.45) is 0 Å². The zero-order chi connectivity index (χ0) is 8.85. The van der Waals surface area contributed by atoms with E-state index in [0.717, 1.165) is 0 Å². The van der Waals surface area contributed by atoms with Gasteiger partial charge in [0.1, 0.15) is 11.8 Å². The van der Waals surface area contributed by atoms with E-state index in [0.29, 0.717) is 11.7 Å². The third-order valence-corrected chi connectivity index (χ3v) is 1.54. The Morgan fingerprint density at radius 3 is 2.45 bits per heavy atom. The smallest absolute Gasteiger partial charge is 0.129 e. The lowest BCUT2D eigenvalue weighted by atomic mass is 10.3. The van der Waals surface area contributed by atoms with Crippen molar-refractivity contribution in [1.82, 2.24) is 10.2 Å². The number of nitriles is 1. The van der Waals surface area contributed by atoms with E-state index < -0.39 is 0 Å². The normalized spacial score (nSPS) is 11.1. The first-order valence-corrected chi connectivity index (χ1v) is 3.63. The number of rotatable bonds is 3. The van der Waals surface area contributed by atoms with Gasteiger partial charge in [0.05, 0.1) is 0 Å². The van der Waals surface area contributed by atoms with Crippen LogP contribution in [-0.2, 0) is 0 Å². The molecule has 1 N–H and O–H groups in total. The molecule has 3 nitrogen and oxygen atoms in total. The zero-order valence-corrected chi connectivity index (χ0v) is 7.55. The monoisotopic (exact) mass is 153 g/mol. The van der Waals surface area contributed by atoms with Gasteiger partial charge in [-0.05, 0) is 13.8 Å². The van der Waals surface area contributed by atoms with Crippen LogP contribution in [0.3, 0.4) is 0 Å². The Bertz CT molecular complexity index is 176. The van der Waals surface area contributed by atoms with Gasteiger partial charge in [-0.3, -0.25) is 0 Å². The molecule has 0 aliphatic carbocycles. The Balaban J connectivity index is 4.17. The van der Waals surface area contributed by atoms with Gasteiger partial charge in [0.15, 0.2) is 0 Å². The molecule has 62 valence electrons. The molecule has 0 heterocycles. The molecule has 0 rings (SSSR count). The summed E-state index contributed by atoms with van der Waals surface area (Å²) in [6.45, 7) is 4.14. The average molecular weight is 153 g/mol. The van der Waals surface area contributed by atoms with Crippen LogP contribution in [0.15, 0.2) is 11.9 Å². The van der Waals surface area contributed by atoms with Crippen LogP contribution in [0.1, 0.15) is 13.8 Å². The topological polar surface area (TPSA) is 39.1 Å². The second kappa shape index (κ2) is 4.62. The predicted octanol–water partition coefficient (Wildman–Crippen LogP) is 0.911. The lowest BCUT2D eigenvalue weighted by Crippen LogP contribution is -2.22. The molecule has 0 saturated carbocycles. The molecule has 0 bridgehead atoms. The van der Waals surface area contributed by atoms with Crippen LogP contribution in [0.25, 0.3) is 0 Å². The minimum Gasteiger partial charge on any atom is -0.378 e. The van der Waals surface area contributed by atoms with E-state index in [-0.39, 0.29) is 0 Å². The minimum atomic E-state index is 0.423. The maximum absolute atomic E-state index is 8.55. The van der Waals surface area contributed by atoms with Gasteiger partial charge in [-0.15, -0.1) is 0 Å². The first kappa shape index (κ1) is 9.83. The van der Waals surface area contributed by atoms with Crippen molar-refractivity contribution < 1.29 is 0 Å². The van der Waals surface area contributed by atoms with E-state index in [9.17, 15) is 0 Å². The first-order valence-electron chi connectivity index (χ1n) is 3.63. The van der Waals surface area contributed by atoms with Gasteiger partial charge in [-0.1, -0.05) is 0 Å². The summed E-state index contributed by atoms with van der Waals surface area (Å²) in [4.78, 5) is 1.98. The van der Waals surface area contributed by atoms with Crippen LogP contribution in [0, 0.1) is 11.3 Å². The van der Waals surface area contributed by atoms with E-state index in [4.69, 9.17) is 5.26 Å². The molecular weight excluding hydrogens is 138 g/mol. The largest absolute Gasteiger partial charge is 0.378 e. The van der Waals surface area contributed by atoms with Crippen molar-refractivity contribution in [3.05, 3.63) is 11.9 Å². The van der Waals surface area contributed by atoms with E-state index in [1.165, 1.54) is 0 Å². The molecule has 0 aromatic rings. The summed E-state index contributed by atoms with van der Waals surface area (Å²) >= 11 is 0. The molecular formula is C8H15N3. The molecule has 0 fully saturated rings. The molecule has 0 aliphatic heterocycles. The molecule has 11 heavy (non-hydrogen) atoms. The standard InChI is InChI=1S/C8H15N3/c1-7(2)11(4)6-8(5-9)10-3/h6-7,10H,1-4H3/b8-6-. The van der Waals surface area contributed by atoms with Gasteiger partial charge >= 0.3 is 0 Å². The molecule has 0 unspecified atom stereocenters. The number of allylic oxidation sites excluding steroid dienone is 1. The number of nitrogens with one attached hydrogen (secondary N) is 1. The molecule has 0 atom stereocenters. The number of hydrogen-bond acceptors (Lipinski definition) is 3. The van der Waals surface area contributed by atoms with Crippen LogP contribution in [0.2, 0.25) is 0 Å². The van der Waals surface area contributed by atoms with E-state index >= 15 is 0 Å². The predicted molar refractivity (Wildman–Crippen MR) is 45.7 cm³/mol. The van der Waals surface area contributed by atoms with Crippen molar-refractivity contribution in [2.75, 3.05) is 14.1 Å². The summed E-state index contributed by atoms with van der Waals surface area (Å²) in [5, 5.41) is 11.3. The highest BCUT2D eigenvalue weighted by molar-refractivity contribution is 5.17. The van der Waals surface area contributed by atoms with Gasteiger partial charge < -0.3 is 10.2 Å². The maximum Gasteiger partial charge on any atom is 0.129 e. The van der Waals surface area contributed by atoms with E-state index in [1.54, 1.807) is 13.2 Å². The Morgan fingerprint density at radius 2 is 2.18 bits per heavy atom. The molecule has 0 aromatic carbocycles. The van der Waals surface area contributed by atoms with E-state index in [1.807, 2.05) is 18.0 Å². The molecule has 0 aromatic heterocycles. The van der Waals surface area contributed by atoms with Gasteiger partial charge in [-0.25, -0.2) is 0 Å². The average Bonchev–Trinajstić information content (AvgIpc) is 1.99. The molecule has 0 saturated heterocycles. The number of hydrogen-bond donors (Lipinski definition) is 1. The van der Waals surface area contributed by atoms with Gasteiger partial charge in [0.25, 0.3) is 0 Å². The summed E-state index contributed by atoms with van der Waals surface area (Å²) in [5.41, 5.74) is 0.584. The Kier molecular flexibility index (Phi) is 4.12. The van der Waals surface area contributed by atoms with Crippen molar-refractivity contribution >= 4 is 0 Å². The number of nitrogens with zero attached hydrogens (tertiary/aromatic N) is 2. The third-order valence-electron chi connectivity index (χ3n) is 1.54. The highest BCUT2D eigenvalue weighted by Crippen LogP contribution is 1.96. The van der Waals surface area contributed by atoms with Crippen molar-refractivity contribution in [2.45, 2.75) is 19.9 Å². The van der Waals surface area contributed by atoms with Crippen molar-refractivity contribution in [3.63, 3.8) is 0 Å². The summed E-state index contributed by atoms with van der Waals surface area (Å²) in [6, 6.07) is 2.47. The zero-order valence-electron chi connectivity index (χ0n) is 7.55. The highest BCUT2D eigenvalue weighted by Gasteiger charge is 1.98. The molecule has 0 spiro atoms. The Morgan fingerprint density at radius 1 is 1.64 bits per heavy atom. The SMILES string of the molecule is CN/C(C#N)=C\N(C)C(C)C. The Hall–Kier alpha value is -1.17. The van der Waals surface area contributed by atoms with Crippen LogP contribution in [0.5, 0.6) is 0 Å². The fraction of sp³-hybridized carbons (Fsp3) is 0.625. The summed E-state index contributed by atoms with van der Waals surface area (Å²) < 4.78 is 0. The molecule has 0 amide bonds. The molecule has 3 heteroatoms. The van der Waals surface area contributed by atoms with Crippen LogP contribution in [0.4, 0.5) is 0 Å². The van der Waals surface area contributed by atoms with Gasteiger partial charge in [-0.2, -0.15) is 5.26 Å². The van der Waals surface area contributed by atoms with Gasteiger partial charge in [0.2, 0.25) is 0 Å². The Labute approximate surface area is 68.3 Å². The minimum absolute atomic E-state index is 0.423. The molecule has 0 aliphatic rings. The maximum atomic E-state index is 8.55. The fourth-order valence-corrected chi connectivity index (χ4v) is 0.502. The quantitative estimate of drug-likeness (QED) is 0.612. The van der Waals surface area contributed by atoms with Crippen molar-refractivity contribution in [3.8, 4) is 6.07 Å². The van der Waals surface area contributed by atoms with Crippen molar-refractivity contribution in [1.29, 1.82) is 5.26 Å². The second-order valence-corrected chi connectivity index (χ2v) is 2.66. The fourth-order valence-electron chi connectivity index (χ4n) is 0.502. The van der Waals surface area contributed by atoms with Crippen LogP contribution >= 0.6 is 0 Å². The third kappa shape index (κ3) is 3.51. The summed E-state index contributed by atoms with van der Waals surface area (Å²) in [5.74, 6) is 0. The van der Waals surface area contributed by atoms with Gasteiger partial charge in [0, 0.05) is 26.3 Å². The lowest BCUT2D eigenvalue weighted by molar-refractivity contribution is 0.372. The summed E-state index contributed by atoms with van der Waals surface area (Å²) in [6.07, 6.45) is 1.80. The highest BCUT2D eigenvalue weighted by atomic mass is 15.1. The summed E-state index contributed by atoms with van der Waals surface area (Å²) in [7, 11) is 3.68. The van der Waals surface area contributed by atoms with E-state index in [2.05, 4.69) is 19.2 Å². The second-order valence-electron chi connectivity index (χ2n) is 2.66.